The molecule has 4 heteroatoms. The predicted octanol–water partition coefficient (Wildman–Crippen LogP) is 3.53. The highest BCUT2D eigenvalue weighted by molar-refractivity contribution is 14.1. The zero-order valence-corrected chi connectivity index (χ0v) is 14.0. The van der Waals surface area contributed by atoms with Gasteiger partial charge >= 0.3 is 0 Å². The van der Waals surface area contributed by atoms with Gasteiger partial charge in [-0.25, -0.2) is 0 Å². The second kappa shape index (κ2) is 6.66. The standard InChI is InChI=1S/C17H19IN2O/c18-16-10-14(19)6-7-17(16)21-15-8-9-20(12-15)11-13-4-2-1-3-5-13/h1-7,10,15H,8-9,11-12,19H2. The van der Waals surface area contributed by atoms with Crippen molar-refractivity contribution >= 4 is 28.3 Å². The van der Waals surface area contributed by atoms with Crippen LogP contribution in [0.2, 0.25) is 0 Å². The number of likely N-dealkylation sites (tertiary alicyclic amines) is 1. The van der Waals surface area contributed by atoms with E-state index in [4.69, 9.17) is 10.5 Å². The van der Waals surface area contributed by atoms with Crippen LogP contribution in [0.4, 0.5) is 5.69 Å². The summed E-state index contributed by atoms with van der Waals surface area (Å²) < 4.78 is 7.20. The first-order valence-electron chi connectivity index (χ1n) is 7.18. The van der Waals surface area contributed by atoms with Gasteiger partial charge in [0.05, 0.1) is 3.57 Å². The largest absolute Gasteiger partial charge is 0.488 e. The molecule has 2 aromatic carbocycles. The number of nitrogens with two attached hydrogens (primary N) is 1. The Morgan fingerprint density at radius 1 is 1.19 bits per heavy atom. The predicted molar refractivity (Wildman–Crippen MR) is 94.3 cm³/mol. The van der Waals surface area contributed by atoms with Crippen molar-refractivity contribution in [1.29, 1.82) is 0 Å². The van der Waals surface area contributed by atoms with Crippen molar-refractivity contribution in [3.05, 3.63) is 57.7 Å². The van der Waals surface area contributed by atoms with Crippen LogP contribution in [-0.4, -0.2) is 24.1 Å². The van der Waals surface area contributed by atoms with Gasteiger partial charge in [-0.05, 0) is 52.8 Å². The number of anilines is 1. The van der Waals surface area contributed by atoms with Crippen LogP contribution in [0.5, 0.6) is 5.75 Å². The minimum absolute atomic E-state index is 0.269. The van der Waals surface area contributed by atoms with Gasteiger partial charge in [-0.2, -0.15) is 0 Å². The summed E-state index contributed by atoms with van der Waals surface area (Å²) in [6.45, 7) is 3.07. The third-order valence-electron chi connectivity index (χ3n) is 3.73. The quantitative estimate of drug-likeness (QED) is 0.637. The van der Waals surface area contributed by atoms with Crippen molar-refractivity contribution in [2.24, 2.45) is 0 Å². The molecule has 1 heterocycles. The first kappa shape index (κ1) is 14.7. The van der Waals surface area contributed by atoms with E-state index < -0.39 is 0 Å². The lowest BCUT2D eigenvalue weighted by molar-refractivity contribution is 0.197. The SMILES string of the molecule is Nc1ccc(OC2CCN(Cc3ccccc3)C2)c(I)c1. The zero-order valence-electron chi connectivity index (χ0n) is 11.8. The molecular weight excluding hydrogens is 375 g/mol. The van der Waals surface area contributed by atoms with Crippen molar-refractivity contribution in [1.82, 2.24) is 4.90 Å². The van der Waals surface area contributed by atoms with Crippen molar-refractivity contribution in [3.8, 4) is 5.75 Å². The third kappa shape index (κ3) is 3.89. The summed E-state index contributed by atoms with van der Waals surface area (Å²) in [6, 6.07) is 16.4. The Hall–Kier alpha value is -1.27. The van der Waals surface area contributed by atoms with Crippen LogP contribution in [0.15, 0.2) is 48.5 Å². The van der Waals surface area contributed by atoms with Crippen LogP contribution in [-0.2, 0) is 6.54 Å². The molecule has 0 aromatic heterocycles. The van der Waals surface area contributed by atoms with Gasteiger partial charge in [0.2, 0.25) is 0 Å². The lowest BCUT2D eigenvalue weighted by atomic mass is 10.2. The number of hydrogen-bond donors (Lipinski definition) is 1. The molecule has 1 aliphatic rings. The molecule has 3 rings (SSSR count). The fraction of sp³-hybridized carbons (Fsp3) is 0.294. The second-order valence-electron chi connectivity index (χ2n) is 5.44. The van der Waals surface area contributed by atoms with E-state index in [0.29, 0.717) is 0 Å². The lowest BCUT2D eigenvalue weighted by Gasteiger charge is -2.17. The normalized spacial score (nSPS) is 18.8. The molecule has 1 atom stereocenters. The molecule has 0 amide bonds. The maximum atomic E-state index is 6.12. The molecule has 1 aliphatic heterocycles. The highest BCUT2D eigenvalue weighted by atomic mass is 127. The van der Waals surface area contributed by atoms with Gasteiger partial charge in [-0.3, -0.25) is 4.90 Å². The van der Waals surface area contributed by atoms with E-state index in [0.717, 1.165) is 41.1 Å². The number of ether oxygens (including phenoxy) is 1. The Morgan fingerprint density at radius 3 is 2.76 bits per heavy atom. The van der Waals surface area contributed by atoms with Crippen molar-refractivity contribution < 1.29 is 4.74 Å². The van der Waals surface area contributed by atoms with Gasteiger partial charge in [0.25, 0.3) is 0 Å². The van der Waals surface area contributed by atoms with E-state index >= 15 is 0 Å². The van der Waals surface area contributed by atoms with Crippen LogP contribution < -0.4 is 10.5 Å². The molecule has 2 aromatic rings. The summed E-state index contributed by atoms with van der Waals surface area (Å²) in [5.74, 6) is 0.941. The molecule has 0 radical (unpaired) electrons. The first-order valence-corrected chi connectivity index (χ1v) is 8.26. The van der Waals surface area contributed by atoms with Gasteiger partial charge in [-0.15, -0.1) is 0 Å². The van der Waals surface area contributed by atoms with E-state index in [1.807, 2.05) is 18.2 Å². The second-order valence-corrected chi connectivity index (χ2v) is 6.60. The zero-order chi connectivity index (χ0) is 14.7. The van der Waals surface area contributed by atoms with Crippen LogP contribution in [0.3, 0.4) is 0 Å². The maximum Gasteiger partial charge on any atom is 0.133 e. The summed E-state index contributed by atoms with van der Waals surface area (Å²) in [5.41, 5.74) is 7.92. The van der Waals surface area contributed by atoms with Crippen LogP contribution in [0.1, 0.15) is 12.0 Å². The van der Waals surface area contributed by atoms with E-state index in [-0.39, 0.29) is 6.10 Å². The number of nitrogens with zero attached hydrogens (tertiary/aromatic N) is 1. The molecule has 0 saturated carbocycles. The number of hydrogen-bond acceptors (Lipinski definition) is 3. The maximum absolute atomic E-state index is 6.12. The molecular formula is C17H19IN2O. The van der Waals surface area contributed by atoms with E-state index in [2.05, 4.69) is 57.8 Å². The van der Waals surface area contributed by atoms with E-state index in [1.54, 1.807) is 0 Å². The average Bonchev–Trinajstić information content (AvgIpc) is 2.90. The molecule has 1 fully saturated rings. The Morgan fingerprint density at radius 2 is 2.00 bits per heavy atom. The fourth-order valence-electron chi connectivity index (χ4n) is 2.67. The number of nitrogen functional groups attached to an aromatic ring is 1. The van der Waals surface area contributed by atoms with Gasteiger partial charge in [0, 0.05) is 25.3 Å². The van der Waals surface area contributed by atoms with Gasteiger partial charge < -0.3 is 10.5 Å². The van der Waals surface area contributed by atoms with Crippen LogP contribution >= 0.6 is 22.6 Å². The number of halogens is 1. The minimum Gasteiger partial charge on any atom is -0.488 e. The topological polar surface area (TPSA) is 38.5 Å². The third-order valence-corrected chi connectivity index (χ3v) is 4.57. The Bertz CT molecular complexity index is 603. The molecule has 0 aliphatic carbocycles. The molecule has 1 unspecified atom stereocenters. The summed E-state index contributed by atoms with van der Waals surface area (Å²) in [7, 11) is 0. The lowest BCUT2D eigenvalue weighted by Crippen LogP contribution is -2.24. The van der Waals surface area contributed by atoms with Crippen molar-refractivity contribution in [2.75, 3.05) is 18.8 Å². The van der Waals surface area contributed by atoms with Crippen LogP contribution in [0, 0.1) is 3.57 Å². The summed E-state index contributed by atoms with van der Waals surface area (Å²) in [4.78, 5) is 2.45. The van der Waals surface area contributed by atoms with E-state index in [1.165, 1.54) is 5.56 Å². The molecule has 21 heavy (non-hydrogen) atoms. The van der Waals surface area contributed by atoms with Crippen molar-refractivity contribution in [2.45, 2.75) is 19.1 Å². The highest BCUT2D eigenvalue weighted by Crippen LogP contribution is 2.26. The molecule has 0 spiro atoms. The molecule has 3 nitrogen and oxygen atoms in total. The smallest absolute Gasteiger partial charge is 0.133 e. The Kier molecular flexibility index (Phi) is 4.65. The van der Waals surface area contributed by atoms with Crippen molar-refractivity contribution in [3.63, 3.8) is 0 Å². The van der Waals surface area contributed by atoms with Crippen LogP contribution in [0.25, 0.3) is 0 Å². The van der Waals surface area contributed by atoms with E-state index in [9.17, 15) is 0 Å². The number of rotatable bonds is 4. The summed E-state index contributed by atoms with van der Waals surface area (Å²) in [6.07, 6.45) is 1.35. The van der Waals surface area contributed by atoms with Gasteiger partial charge in [0.15, 0.2) is 0 Å². The first-order chi connectivity index (χ1) is 10.2. The number of benzene rings is 2. The highest BCUT2D eigenvalue weighted by Gasteiger charge is 2.24. The molecule has 0 bridgehead atoms. The van der Waals surface area contributed by atoms with Gasteiger partial charge in [0.1, 0.15) is 11.9 Å². The monoisotopic (exact) mass is 394 g/mol. The summed E-state index contributed by atoms with van der Waals surface area (Å²) in [5, 5.41) is 0. The Balaban J connectivity index is 1.57. The summed E-state index contributed by atoms with van der Waals surface area (Å²) >= 11 is 2.28. The molecule has 2 N–H and O–H groups in total. The average molecular weight is 394 g/mol. The fourth-order valence-corrected chi connectivity index (χ4v) is 3.34. The molecule has 1 saturated heterocycles. The molecule has 110 valence electrons. The Labute approximate surface area is 139 Å². The minimum atomic E-state index is 0.269. The van der Waals surface area contributed by atoms with Gasteiger partial charge in [-0.1, -0.05) is 30.3 Å².